The number of carbonyl (C=O) groups is 1. The van der Waals surface area contributed by atoms with Crippen LogP contribution in [0.2, 0.25) is 0 Å². The van der Waals surface area contributed by atoms with E-state index in [9.17, 15) is 4.79 Å². The number of amides is 1. The summed E-state index contributed by atoms with van der Waals surface area (Å²) in [5.74, 6) is -0.101. The Morgan fingerprint density at radius 3 is 2.28 bits per heavy atom. The number of anilines is 1. The molecule has 0 aliphatic carbocycles. The molecule has 0 fully saturated rings. The molecule has 0 heterocycles. The third kappa shape index (κ3) is 3.21. The highest BCUT2D eigenvalue weighted by atomic mass is 79.9. The summed E-state index contributed by atoms with van der Waals surface area (Å²) in [4.78, 5) is 12.1. The Hall–Kier alpha value is -1.13. The van der Waals surface area contributed by atoms with Crippen LogP contribution < -0.4 is 5.32 Å². The number of carbonyl (C=O) groups excluding carboxylic acids is 1. The van der Waals surface area contributed by atoms with E-state index < -0.39 is 0 Å². The van der Waals surface area contributed by atoms with Crippen LogP contribution in [0.4, 0.5) is 5.69 Å². The Labute approximate surface area is 123 Å². The summed E-state index contributed by atoms with van der Waals surface area (Å²) in [6, 6.07) is 13.2. The summed E-state index contributed by atoms with van der Waals surface area (Å²) in [6.07, 6.45) is 0. The van der Waals surface area contributed by atoms with Gasteiger partial charge in [-0.15, -0.1) is 0 Å². The van der Waals surface area contributed by atoms with Gasteiger partial charge in [0.25, 0.3) is 5.91 Å². The summed E-state index contributed by atoms with van der Waals surface area (Å²) in [5, 5.41) is 2.87. The molecule has 0 aliphatic heterocycles. The van der Waals surface area contributed by atoms with E-state index in [1.54, 1.807) is 0 Å². The average molecular weight is 369 g/mol. The second-order valence-corrected chi connectivity index (χ2v) is 5.75. The number of rotatable bonds is 2. The fourth-order valence-corrected chi connectivity index (χ4v) is 2.20. The topological polar surface area (TPSA) is 29.1 Å². The molecule has 92 valence electrons. The molecule has 0 unspecified atom stereocenters. The average Bonchev–Trinajstić information content (AvgIpc) is 2.35. The predicted molar refractivity (Wildman–Crippen MR) is 81.0 cm³/mol. The fourth-order valence-electron chi connectivity index (χ4n) is 1.57. The highest BCUT2D eigenvalue weighted by Gasteiger charge is 2.09. The minimum absolute atomic E-state index is 0.101. The molecule has 0 spiro atoms. The number of aryl methyl sites for hydroxylation is 1. The lowest BCUT2D eigenvalue weighted by atomic mass is 10.1. The first-order chi connectivity index (χ1) is 8.56. The SMILES string of the molecule is Cc1ccc(Br)cc1C(=O)Nc1ccc(Br)cc1. The van der Waals surface area contributed by atoms with Crippen molar-refractivity contribution in [2.75, 3.05) is 5.32 Å². The van der Waals surface area contributed by atoms with E-state index in [4.69, 9.17) is 0 Å². The molecule has 18 heavy (non-hydrogen) atoms. The molecular weight excluding hydrogens is 358 g/mol. The van der Waals surface area contributed by atoms with Crippen LogP contribution in [0.3, 0.4) is 0 Å². The maximum Gasteiger partial charge on any atom is 0.255 e. The van der Waals surface area contributed by atoms with Crippen molar-refractivity contribution < 1.29 is 4.79 Å². The van der Waals surface area contributed by atoms with Crippen molar-refractivity contribution in [3.63, 3.8) is 0 Å². The van der Waals surface area contributed by atoms with Gasteiger partial charge in [0, 0.05) is 20.2 Å². The van der Waals surface area contributed by atoms with Crippen LogP contribution in [-0.4, -0.2) is 5.91 Å². The quantitative estimate of drug-likeness (QED) is 0.812. The van der Waals surface area contributed by atoms with Gasteiger partial charge in [-0.3, -0.25) is 4.79 Å². The van der Waals surface area contributed by atoms with Gasteiger partial charge in [-0.1, -0.05) is 37.9 Å². The zero-order chi connectivity index (χ0) is 13.1. The van der Waals surface area contributed by atoms with Gasteiger partial charge in [0.2, 0.25) is 0 Å². The van der Waals surface area contributed by atoms with Gasteiger partial charge in [0.05, 0.1) is 0 Å². The third-order valence-electron chi connectivity index (χ3n) is 2.55. The summed E-state index contributed by atoms with van der Waals surface area (Å²) >= 11 is 6.73. The van der Waals surface area contributed by atoms with Crippen LogP contribution in [0, 0.1) is 6.92 Å². The van der Waals surface area contributed by atoms with Crippen molar-refractivity contribution >= 4 is 43.5 Å². The maximum absolute atomic E-state index is 12.1. The number of benzene rings is 2. The Kier molecular flexibility index (Phi) is 4.19. The first kappa shape index (κ1) is 13.3. The molecule has 0 saturated carbocycles. The standard InChI is InChI=1S/C14H11Br2NO/c1-9-2-3-11(16)8-13(9)14(18)17-12-6-4-10(15)5-7-12/h2-8H,1H3,(H,17,18). The molecule has 2 aromatic carbocycles. The molecule has 0 aliphatic rings. The van der Waals surface area contributed by atoms with Gasteiger partial charge in [-0.25, -0.2) is 0 Å². The molecule has 0 atom stereocenters. The second kappa shape index (κ2) is 5.67. The summed E-state index contributed by atoms with van der Waals surface area (Å²) in [5.41, 5.74) is 2.41. The van der Waals surface area contributed by atoms with Gasteiger partial charge in [-0.2, -0.15) is 0 Å². The van der Waals surface area contributed by atoms with Gasteiger partial charge >= 0.3 is 0 Å². The normalized spacial score (nSPS) is 10.2. The molecular formula is C14H11Br2NO. The zero-order valence-electron chi connectivity index (χ0n) is 9.71. The van der Waals surface area contributed by atoms with Crippen LogP contribution in [0.1, 0.15) is 15.9 Å². The van der Waals surface area contributed by atoms with E-state index >= 15 is 0 Å². The largest absolute Gasteiger partial charge is 0.322 e. The van der Waals surface area contributed by atoms with E-state index in [-0.39, 0.29) is 5.91 Å². The van der Waals surface area contributed by atoms with Crippen molar-refractivity contribution in [1.82, 2.24) is 0 Å². The Morgan fingerprint density at radius 1 is 1.00 bits per heavy atom. The molecule has 0 radical (unpaired) electrons. The number of nitrogens with one attached hydrogen (secondary N) is 1. The van der Waals surface area contributed by atoms with Crippen LogP contribution in [-0.2, 0) is 0 Å². The number of hydrogen-bond acceptors (Lipinski definition) is 1. The maximum atomic E-state index is 12.1. The van der Waals surface area contributed by atoms with Crippen molar-refractivity contribution in [3.05, 3.63) is 62.5 Å². The Balaban J connectivity index is 2.21. The summed E-state index contributed by atoms with van der Waals surface area (Å²) < 4.78 is 1.88. The smallest absolute Gasteiger partial charge is 0.255 e. The highest BCUT2D eigenvalue weighted by molar-refractivity contribution is 9.10. The first-order valence-electron chi connectivity index (χ1n) is 5.39. The van der Waals surface area contributed by atoms with Gasteiger partial charge in [0.15, 0.2) is 0 Å². The Bertz CT molecular complexity index is 579. The van der Waals surface area contributed by atoms with E-state index in [0.717, 1.165) is 20.2 Å². The molecule has 1 amide bonds. The fraction of sp³-hybridized carbons (Fsp3) is 0.0714. The monoisotopic (exact) mass is 367 g/mol. The zero-order valence-corrected chi connectivity index (χ0v) is 12.9. The molecule has 4 heteroatoms. The van der Waals surface area contributed by atoms with E-state index in [0.29, 0.717) is 5.56 Å². The van der Waals surface area contributed by atoms with Crippen molar-refractivity contribution in [1.29, 1.82) is 0 Å². The summed E-state index contributed by atoms with van der Waals surface area (Å²) in [7, 11) is 0. The minimum Gasteiger partial charge on any atom is -0.322 e. The van der Waals surface area contributed by atoms with Crippen LogP contribution in [0.5, 0.6) is 0 Å². The van der Waals surface area contributed by atoms with Crippen LogP contribution >= 0.6 is 31.9 Å². The van der Waals surface area contributed by atoms with E-state index in [1.165, 1.54) is 0 Å². The second-order valence-electron chi connectivity index (χ2n) is 3.92. The van der Waals surface area contributed by atoms with E-state index in [2.05, 4.69) is 37.2 Å². The molecule has 2 nitrogen and oxygen atoms in total. The predicted octanol–water partition coefficient (Wildman–Crippen LogP) is 4.77. The minimum atomic E-state index is -0.101. The lowest BCUT2D eigenvalue weighted by Gasteiger charge is -2.08. The van der Waals surface area contributed by atoms with Gasteiger partial charge < -0.3 is 5.32 Å². The first-order valence-corrected chi connectivity index (χ1v) is 6.98. The van der Waals surface area contributed by atoms with Crippen LogP contribution in [0.25, 0.3) is 0 Å². The van der Waals surface area contributed by atoms with Crippen molar-refractivity contribution in [2.24, 2.45) is 0 Å². The third-order valence-corrected chi connectivity index (χ3v) is 3.57. The number of hydrogen-bond donors (Lipinski definition) is 1. The van der Waals surface area contributed by atoms with Crippen molar-refractivity contribution in [3.8, 4) is 0 Å². The van der Waals surface area contributed by atoms with Gasteiger partial charge in [-0.05, 0) is 48.9 Å². The molecule has 0 aromatic heterocycles. The molecule has 2 aromatic rings. The van der Waals surface area contributed by atoms with Crippen LogP contribution in [0.15, 0.2) is 51.4 Å². The lowest BCUT2D eigenvalue weighted by Crippen LogP contribution is -2.13. The van der Waals surface area contributed by atoms with Gasteiger partial charge in [0.1, 0.15) is 0 Å². The Morgan fingerprint density at radius 2 is 1.61 bits per heavy atom. The van der Waals surface area contributed by atoms with Crippen molar-refractivity contribution in [2.45, 2.75) is 6.92 Å². The molecule has 0 bridgehead atoms. The summed E-state index contributed by atoms with van der Waals surface area (Å²) in [6.45, 7) is 1.92. The molecule has 2 rings (SSSR count). The molecule has 0 saturated heterocycles. The van der Waals surface area contributed by atoms with E-state index in [1.807, 2.05) is 49.4 Å². The molecule has 1 N–H and O–H groups in total. The highest BCUT2D eigenvalue weighted by Crippen LogP contribution is 2.19. The lowest BCUT2D eigenvalue weighted by molar-refractivity contribution is 0.102. The number of halogens is 2.